The molecule has 0 spiro atoms. The number of rotatable bonds is 5. The standard InChI is InChI=1S/C26H33N3S/c1-16-10-11-26(5,6)23-12-17(2)21(14-22(16)23)19(4)24-9-8-20(15-29-24)13-18(3)30-25(27)28-7/h8-9,12,14-16H,3-4,10-11,13H2,1-2,5-7H3,(H2,27,28). The molecule has 0 amide bonds. The largest absolute Gasteiger partial charge is 0.378 e. The van der Waals surface area contributed by atoms with Crippen molar-refractivity contribution >= 4 is 22.5 Å². The van der Waals surface area contributed by atoms with E-state index in [2.05, 4.69) is 70.1 Å². The quantitative estimate of drug-likeness (QED) is 0.453. The first kappa shape index (κ1) is 22.4. The lowest BCUT2D eigenvalue weighted by Gasteiger charge is -2.37. The van der Waals surface area contributed by atoms with E-state index in [1.165, 1.54) is 46.9 Å². The van der Waals surface area contributed by atoms with Crippen molar-refractivity contribution in [1.29, 1.82) is 0 Å². The predicted octanol–water partition coefficient (Wildman–Crippen LogP) is 6.36. The van der Waals surface area contributed by atoms with E-state index < -0.39 is 0 Å². The zero-order valence-corrected chi connectivity index (χ0v) is 19.7. The van der Waals surface area contributed by atoms with Crippen LogP contribution in [0.4, 0.5) is 0 Å². The molecular weight excluding hydrogens is 386 g/mol. The zero-order valence-electron chi connectivity index (χ0n) is 18.9. The molecule has 4 heteroatoms. The number of aromatic nitrogens is 1. The van der Waals surface area contributed by atoms with E-state index in [9.17, 15) is 0 Å². The third-order valence-corrected chi connectivity index (χ3v) is 7.01. The molecule has 158 valence electrons. The van der Waals surface area contributed by atoms with Crippen molar-refractivity contribution in [3.63, 3.8) is 0 Å². The van der Waals surface area contributed by atoms with Gasteiger partial charge in [-0.3, -0.25) is 9.98 Å². The molecule has 3 nitrogen and oxygen atoms in total. The third kappa shape index (κ3) is 4.70. The molecule has 1 aliphatic rings. The number of amidine groups is 1. The molecule has 3 rings (SSSR count). The number of hydrogen-bond acceptors (Lipinski definition) is 3. The average molecular weight is 420 g/mol. The molecule has 1 aromatic carbocycles. The second kappa shape index (κ2) is 8.81. The normalized spacial score (nSPS) is 18.0. The van der Waals surface area contributed by atoms with E-state index in [0.29, 0.717) is 17.5 Å². The molecule has 0 saturated carbocycles. The predicted molar refractivity (Wildman–Crippen MR) is 132 cm³/mol. The maximum absolute atomic E-state index is 5.77. The highest BCUT2D eigenvalue weighted by atomic mass is 32.2. The van der Waals surface area contributed by atoms with Crippen LogP contribution in [0, 0.1) is 6.92 Å². The van der Waals surface area contributed by atoms with Gasteiger partial charge in [0.15, 0.2) is 5.17 Å². The van der Waals surface area contributed by atoms with Crippen LogP contribution < -0.4 is 5.73 Å². The Morgan fingerprint density at radius 3 is 2.67 bits per heavy atom. The summed E-state index contributed by atoms with van der Waals surface area (Å²) in [6, 6.07) is 8.89. The number of nitrogens with zero attached hydrogens (tertiary/aromatic N) is 2. The van der Waals surface area contributed by atoms with Crippen LogP contribution in [-0.2, 0) is 11.8 Å². The van der Waals surface area contributed by atoms with E-state index in [-0.39, 0.29) is 5.41 Å². The molecule has 0 aliphatic heterocycles. The van der Waals surface area contributed by atoms with Crippen molar-refractivity contribution in [2.24, 2.45) is 10.7 Å². The van der Waals surface area contributed by atoms with Crippen LogP contribution in [0.5, 0.6) is 0 Å². The fraction of sp³-hybridized carbons (Fsp3) is 0.385. The molecule has 2 aromatic rings. The number of allylic oxidation sites excluding steroid dienone is 1. The minimum absolute atomic E-state index is 0.235. The van der Waals surface area contributed by atoms with Crippen LogP contribution >= 0.6 is 11.8 Å². The molecule has 1 atom stereocenters. The summed E-state index contributed by atoms with van der Waals surface area (Å²) in [5.41, 5.74) is 14.4. The molecule has 30 heavy (non-hydrogen) atoms. The van der Waals surface area contributed by atoms with E-state index in [4.69, 9.17) is 10.7 Å². The fourth-order valence-electron chi connectivity index (χ4n) is 4.21. The Kier molecular flexibility index (Phi) is 6.56. The van der Waals surface area contributed by atoms with Gasteiger partial charge < -0.3 is 5.73 Å². The molecular formula is C26H33N3S. The molecule has 1 heterocycles. The van der Waals surface area contributed by atoms with E-state index in [1.807, 2.05) is 6.20 Å². The van der Waals surface area contributed by atoms with Gasteiger partial charge in [-0.05, 0) is 69.9 Å². The van der Waals surface area contributed by atoms with Gasteiger partial charge in [-0.25, -0.2) is 0 Å². The summed E-state index contributed by atoms with van der Waals surface area (Å²) in [5.74, 6) is 0.582. The fourth-order valence-corrected chi connectivity index (χ4v) is 4.84. The molecule has 0 bridgehead atoms. The Balaban J connectivity index is 1.83. The Labute approximate surface area is 185 Å². The monoisotopic (exact) mass is 419 g/mol. The average Bonchev–Trinajstić information content (AvgIpc) is 2.71. The van der Waals surface area contributed by atoms with Gasteiger partial charge in [0.1, 0.15) is 0 Å². The number of hydrogen-bond donors (Lipinski definition) is 1. The number of nitrogens with two attached hydrogens (primary N) is 1. The Hall–Kier alpha value is -2.33. The third-order valence-electron chi connectivity index (χ3n) is 6.19. The molecule has 0 fully saturated rings. The van der Waals surface area contributed by atoms with Crippen molar-refractivity contribution in [2.45, 2.75) is 58.3 Å². The van der Waals surface area contributed by atoms with Crippen molar-refractivity contribution in [1.82, 2.24) is 4.98 Å². The van der Waals surface area contributed by atoms with Crippen LogP contribution in [0.3, 0.4) is 0 Å². The van der Waals surface area contributed by atoms with Crippen LogP contribution in [0.25, 0.3) is 5.57 Å². The summed E-state index contributed by atoms with van der Waals surface area (Å²) < 4.78 is 0. The maximum atomic E-state index is 5.77. The lowest BCUT2D eigenvalue weighted by molar-refractivity contribution is 0.402. The summed E-state index contributed by atoms with van der Waals surface area (Å²) in [6.45, 7) is 17.7. The van der Waals surface area contributed by atoms with Crippen molar-refractivity contribution in [3.05, 3.63) is 82.0 Å². The van der Waals surface area contributed by atoms with Crippen LogP contribution in [0.2, 0.25) is 0 Å². The van der Waals surface area contributed by atoms with Crippen LogP contribution in [-0.4, -0.2) is 17.2 Å². The first-order chi connectivity index (χ1) is 14.1. The van der Waals surface area contributed by atoms with E-state index >= 15 is 0 Å². The van der Waals surface area contributed by atoms with Crippen molar-refractivity contribution < 1.29 is 0 Å². The summed E-state index contributed by atoms with van der Waals surface area (Å²) in [6.07, 6.45) is 5.09. The van der Waals surface area contributed by atoms with E-state index in [1.54, 1.807) is 7.05 Å². The van der Waals surface area contributed by atoms with Crippen LogP contribution in [0.1, 0.15) is 73.0 Å². The van der Waals surface area contributed by atoms with Gasteiger partial charge >= 0.3 is 0 Å². The SMILES string of the molecule is C=C(Cc1ccc(C(=C)c2cc3c(cc2C)C(C)(C)CCC3C)nc1)SC(N)=NC. The summed E-state index contributed by atoms with van der Waals surface area (Å²) in [7, 11) is 1.68. The number of aryl methyl sites for hydroxylation is 1. The van der Waals surface area contributed by atoms with Gasteiger partial charge in [0, 0.05) is 25.2 Å². The molecule has 2 N–H and O–H groups in total. The molecule has 1 aromatic heterocycles. The second-order valence-corrected chi connectivity index (χ2v) is 10.2. The maximum Gasteiger partial charge on any atom is 0.158 e. The van der Waals surface area contributed by atoms with Gasteiger partial charge in [0.05, 0.1) is 5.69 Å². The van der Waals surface area contributed by atoms with E-state index in [0.717, 1.165) is 21.7 Å². The molecule has 0 radical (unpaired) electrons. The highest BCUT2D eigenvalue weighted by Crippen LogP contribution is 2.44. The van der Waals surface area contributed by atoms with Gasteiger partial charge in [0.25, 0.3) is 0 Å². The summed E-state index contributed by atoms with van der Waals surface area (Å²) in [4.78, 5) is 9.61. The van der Waals surface area contributed by atoms with Crippen molar-refractivity contribution in [3.8, 4) is 0 Å². The van der Waals surface area contributed by atoms with Gasteiger partial charge in [0.2, 0.25) is 0 Å². The van der Waals surface area contributed by atoms with Gasteiger partial charge in [-0.15, -0.1) is 0 Å². The number of benzene rings is 1. The van der Waals surface area contributed by atoms with Gasteiger partial charge in [-0.2, -0.15) is 0 Å². The molecule has 1 aliphatic carbocycles. The Bertz CT molecular complexity index is 1000. The number of thioether (sulfide) groups is 1. The van der Waals surface area contributed by atoms with Crippen molar-refractivity contribution in [2.75, 3.05) is 7.05 Å². The van der Waals surface area contributed by atoms with Crippen LogP contribution in [0.15, 0.2) is 53.5 Å². The summed E-state index contributed by atoms with van der Waals surface area (Å²) in [5, 5.41) is 0.526. The smallest absolute Gasteiger partial charge is 0.158 e. The highest BCUT2D eigenvalue weighted by Gasteiger charge is 2.31. The topological polar surface area (TPSA) is 51.3 Å². The minimum atomic E-state index is 0.235. The summed E-state index contributed by atoms with van der Waals surface area (Å²) >= 11 is 1.40. The molecule has 1 unspecified atom stereocenters. The highest BCUT2D eigenvalue weighted by molar-refractivity contribution is 8.17. The van der Waals surface area contributed by atoms with Gasteiger partial charge in [-0.1, -0.05) is 63.9 Å². The number of aliphatic imine (C=N–C) groups is 1. The number of fused-ring (bicyclic) bond motifs is 1. The minimum Gasteiger partial charge on any atom is -0.378 e. The number of pyridine rings is 1. The lowest BCUT2D eigenvalue weighted by Crippen LogP contribution is -2.26. The molecule has 0 saturated heterocycles. The Morgan fingerprint density at radius 2 is 2.03 bits per heavy atom. The zero-order chi connectivity index (χ0) is 22.1. The lowest BCUT2D eigenvalue weighted by atomic mass is 9.68. The Morgan fingerprint density at radius 1 is 1.30 bits per heavy atom. The first-order valence-electron chi connectivity index (χ1n) is 10.5. The second-order valence-electron chi connectivity index (χ2n) is 8.99. The first-order valence-corrected chi connectivity index (χ1v) is 11.3.